The molecule has 0 amide bonds. The third-order valence-electron chi connectivity index (χ3n) is 2.44. The largest absolute Gasteiger partial charge is 0.478 e. The van der Waals surface area contributed by atoms with Crippen LogP contribution in [0.25, 0.3) is 0 Å². The Morgan fingerprint density at radius 2 is 2.05 bits per heavy atom. The number of hydrogen-bond donors (Lipinski definition) is 3. The fraction of sp³-hybridized carbons (Fsp3) is 0.100. The molecule has 0 aliphatic heterocycles. The molecule has 0 atom stereocenters. The highest BCUT2D eigenvalue weighted by Gasteiger charge is 2.22. The third-order valence-corrected chi connectivity index (χ3v) is 4.61. The average Bonchev–Trinajstić information content (AvgIpc) is 2.88. The van der Waals surface area contributed by atoms with Gasteiger partial charge in [0.2, 0.25) is 10.0 Å². The first-order valence-corrected chi connectivity index (χ1v) is 7.61. The maximum absolute atomic E-state index is 12.1. The molecule has 0 saturated carbocycles. The highest BCUT2D eigenvalue weighted by atomic mass is 35.5. The molecule has 0 saturated heterocycles. The van der Waals surface area contributed by atoms with Crippen LogP contribution in [0, 0.1) is 0 Å². The number of carboxylic acids is 1. The van der Waals surface area contributed by atoms with Gasteiger partial charge in [-0.3, -0.25) is 5.10 Å². The van der Waals surface area contributed by atoms with Crippen molar-refractivity contribution in [2.24, 2.45) is 0 Å². The van der Waals surface area contributed by atoms with Gasteiger partial charge in [-0.2, -0.15) is 5.10 Å². The maximum atomic E-state index is 12.1. The lowest BCUT2D eigenvalue weighted by atomic mass is 10.2. The Kier molecular flexibility index (Phi) is 4.47. The van der Waals surface area contributed by atoms with E-state index >= 15 is 0 Å². The molecular weight excluding hydrogens is 343 g/mol. The van der Waals surface area contributed by atoms with Gasteiger partial charge in [0.25, 0.3) is 0 Å². The van der Waals surface area contributed by atoms with E-state index in [1.807, 2.05) is 0 Å². The number of hydrogen-bond acceptors (Lipinski definition) is 5. The molecule has 0 fully saturated rings. The zero-order valence-electron chi connectivity index (χ0n) is 10.2. The minimum atomic E-state index is -4.03. The van der Waals surface area contributed by atoms with Crippen LogP contribution >= 0.6 is 23.2 Å². The van der Waals surface area contributed by atoms with Gasteiger partial charge >= 0.3 is 5.97 Å². The molecule has 2 aromatic rings. The number of benzene rings is 1. The second kappa shape index (κ2) is 5.98. The third kappa shape index (κ3) is 3.50. The minimum Gasteiger partial charge on any atom is -0.478 e. The van der Waals surface area contributed by atoms with Crippen LogP contribution in [0.15, 0.2) is 23.4 Å². The molecule has 0 bridgehead atoms. The predicted molar refractivity (Wildman–Crippen MR) is 73.8 cm³/mol. The average molecular weight is 351 g/mol. The zero-order chi connectivity index (χ0) is 15.6. The molecule has 8 nitrogen and oxygen atoms in total. The van der Waals surface area contributed by atoms with Crippen molar-refractivity contribution in [2.45, 2.75) is 11.4 Å². The normalized spacial score (nSPS) is 11.5. The number of aromatic amines is 1. The monoisotopic (exact) mass is 350 g/mol. The zero-order valence-corrected chi connectivity index (χ0v) is 12.5. The lowest BCUT2D eigenvalue weighted by Crippen LogP contribution is -2.24. The van der Waals surface area contributed by atoms with Gasteiger partial charge < -0.3 is 5.11 Å². The molecule has 2 rings (SSSR count). The van der Waals surface area contributed by atoms with Gasteiger partial charge in [-0.05, 0) is 12.1 Å². The van der Waals surface area contributed by atoms with Crippen LogP contribution < -0.4 is 4.72 Å². The first kappa shape index (κ1) is 15.7. The molecule has 0 spiro atoms. The molecule has 3 N–H and O–H groups in total. The van der Waals surface area contributed by atoms with Gasteiger partial charge in [-0.25, -0.2) is 22.9 Å². The summed E-state index contributed by atoms with van der Waals surface area (Å²) in [5, 5.41) is 14.7. The highest BCUT2D eigenvalue weighted by molar-refractivity contribution is 7.89. The number of carbonyl (C=O) groups is 1. The van der Waals surface area contributed by atoms with E-state index in [2.05, 4.69) is 19.9 Å². The van der Waals surface area contributed by atoms with E-state index in [9.17, 15) is 13.2 Å². The predicted octanol–water partition coefficient (Wildman–Crippen LogP) is 1.29. The first-order valence-electron chi connectivity index (χ1n) is 5.37. The summed E-state index contributed by atoms with van der Waals surface area (Å²) in [6.07, 6.45) is 1.22. The second-order valence-corrected chi connectivity index (χ2v) is 6.37. The number of nitrogens with one attached hydrogen (secondary N) is 2. The topological polar surface area (TPSA) is 125 Å². The summed E-state index contributed by atoms with van der Waals surface area (Å²) in [5.74, 6) is -1.06. The van der Waals surface area contributed by atoms with Crippen molar-refractivity contribution in [3.05, 3.63) is 39.9 Å². The molecule has 21 heavy (non-hydrogen) atoms. The molecule has 1 aromatic heterocycles. The molecule has 0 aliphatic rings. The molecule has 1 heterocycles. The quantitative estimate of drug-likeness (QED) is 0.745. The smallest absolute Gasteiger partial charge is 0.337 e. The van der Waals surface area contributed by atoms with Crippen molar-refractivity contribution < 1.29 is 18.3 Å². The standard InChI is InChI=1S/C10H8Cl2N4O4S/c11-6-2-7(12)8(1-5(6)10(17)18)21(19,20)15-3-9-13-4-14-16-9/h1-2,4,15H,3H2,(H,17,18)(H,13,14,16). The Morgan fingerprint density at radius 1 is 1.33 bits per heavy atom. The van der Waals surface area contributed by atoms with E-state index in [0.29, 0.717) is 5.82 Å². The fourth-order valence-corrected chi connectivity index (χ4v) is 3.30. The van der Waals surface area contributed by atoms with Crippen LogP contribution in [0.1, 0.15) is 16.2 Å². The van der Waals surface area contributed by atoms with E-state index < -0.39 is 16.0 Å². The Labute approximate surface area is 129 Å². The maximum Gasteiger partial charge on any atom is 0.337 e. The molecule has 0 unspecified atom stereocenters. The van der Waals surface area contributed by atoms with Crippen molar-refractivity contribution >= 4 is 39.2 Å². The van der Waals surface area contributed by atoms with Gasteiger partial charge in [0.15, 0.2) is 0 Å². The van der Waals surface area contributed by atoms with Crippen LogP contribution in [0.2, 0.25) is 10.0 Å². The fourth-order valence-electron chi connectivity index (χ4n) is 1.46. The van der Waals surface area contributed by atoms with Crippen molar-refractivity contribution in [3.8, 4) is 0 Å². The number of nitrogens with zero attached hydrogens (tertiary/aromatic N) is 2. The molecule has 1 aromatic carbocycles. The van der Waals surface area contributed by atoms with Crippen molar-refractivity contribution in [3.63, 3.8) is 0 Å². The number of aromatic carboxylic acids is 1. The Morgan fingerprint density at radius 3 is 2.62 bits per heavy atom. The summed E-state index contributed by atoms with van der Waals surface area (Å²) >= 11 is 11.5. The van der Waals surface area contributed by atoms with E-state index in [-0.39, 0.29) is 27.0 Å². The van der Waals surface area contributed by atoms with Crippen molar-refractivity contribution in [1.29, 1.82) is 0 Å². The summed E-state index contributed by atoms with van der Waals surface area (Å²) in [5.41, 5.74) is -0.360. The summed E-state index contributed by atoms with van der Waals surface area (Å²) in [7, 11) is -4.03. The lowest BCUT2D eigenvalue weighted by Gasteiger charge is -2.09. The van der Waals surface area contributed by atoms with Crippen LogP contribution in [0.4, 0.5) is 0 Å². The van der Waals surface area contributed by atoms with E-state index in [1.165, 1.54) is 6.33 Å². The summed E-state index contributed by atoms with van der Waals surface area (Å²) < 4.78 is 26.5. The van der Waals surface area contributed by atoms with Gasteiger partial charge in [-0.1, -0.05) is 23.2 Å². The minimum absolute atomic E-state index is 0.149. The van der Waals surface area contributed by atoms with E-state index in [4.69, 9.17) is 28.3 Å². The number of carboxylic acid groups (broad SMARTS) is 1. The van der Waals surface area contributed by atoms with Crippen LogP contribution in [0.5, 0.6) is 0 Å². The molecule has 0 radical (unpaired) electrons. The number of H-pyrrole nitrogens is 1. The summed E-state index contributed by atoms with van der Waals surface area (Å²) in [6, 6.07) is 1.96. The summed E-state index contributed by atoms with van der Waals surface area (Å²) in [4.78, 5) is 14.4. The van der Waals surface area contributed by atoms with Crippen LogP contribution in [-0.2, 0) is 16.6 Å². The molecular formula is C10H8Cl2N4O4S. The van der Waals surface area contributed by atoms with Crippen LogP contribution in [-0.4, -0.2) is 34.7 Å². The second-order valence-electron chi connectivity index (χ2n) is 3.82. The SMILES string of the molecule is O=C(O)c1cc(S(=O)(=O)NCc2ncn[nH]2)c(Cl)cc1Cl. The summed E-state index contributed by atoms with van der Waals surface area (Å²) in [6.45, 7) is -0.149. The van der Waals surface area contributed by atoms with Gasteiger partial charge in [-0.15, -0.1) is 0 Å². The number of halogens is 2. The van der Waals surface area contributed by atoms with E-state index in [0.717, 1.165) is 12.1 Å². The van der Waals surface area contributed by atoms with Gasteiger partial charge in [0, 0.05) is 0 Å². The first-order chi connectivity index (χ1) is 9.81. The number of rotatable bonds is 5. The Hall–Kier alpha value is -1.68. The number of aromatic nitrogens is 3. The van der Waals surface area contributed by atoms with Crippen molar-refractivity contribution in [1.82, 2.24) is 19.9 Å². The Balaban J connectivity index is 2.35. The Bertz CT molecular complexity index is 777. The van der Waals surface area contributed by atoms with Gasteiger partial charge in [0.1, 0.15) is 17.0 Å². The van der Waals surface area contributed by atoms with Crippen LogP contribution in [0.3, 0.4) is 0 Å². The van der Waals surface area contributed by atoms with Crippen molar-refractivity contribution in [2.75, 3.05) is 0 Å². The number of sulfonamides is 1. The molecule has 11 heteroatoms. The highest BCUT2D eigenvalue weighted by Crippen LogP contribution is 2.28. The van der Waals surface area contributed by atoms with Gasteiger partial charge in [0.05, 0.1) is 22.2 Å². The molecule has 0 aliphatic carbocycles. The lowest BCUT2D eigenvalue weighted by molar-refractivity contribution is 0.0697. The molecule has 112 valence electrons. The van der Waals surface area contributed by atoms with E-state index in [1.54, 1.807) is 0 Å².